The van der Waals surface area contributed by atoms with E-state index in [-0.39, 0.29) is 56.2 Å². The van der Waals surface area contributed by atoms with Crippen LogP contribution in [0.15, 0.2) is 59.2 Å². The number of carbonyl (C=O) groups excluding carboxylic acids is 1. The Labute approximate surface area is 251 Å². The predicted octanol–water partition coefficient (Wildman–Crippen LogP) is 1.91. The summed E-state index contributed by atoms with van der Waals surface area (Å²) in [7, 11) is 2.14. The Morgan fingerprint density at radius 1 is 1.05 bits per heavy atom. The summed E-state index contributed by atoms with van der Waals surface area (Å²) >= 11 is 0. The minimum absolute atomic E-state index is 0.0549. The van der Waals surface area contributed by atoms with Gasteiger partial charge < -0.3 is 43.2 Å². The average Bonchev–Trinajstić information content (AvgIpc) is 3.50. The number of nitrogens with zero attached hydrogens (tertiary/aromatic N) is 2. The van der Waals surface area contributed by atoms with Gasteiger partial charge >= 0.3 is 0 Å². The molecule has 43 heavy (non-hydrogen) atoms. The van der Waals surface area contributed by atoms with Gasteiger partial charge in [0.2, 0.25) is 23.1 Å². The van der Waals surface area contributed by atoms with Crippen molar-refractivity contribution in [1.82, 2.24) is 9.21 Å². The number of sulfonamides is 1. The van der Waals surface area contributed by atoms with Crippen molar-refractivity contribution in [3.63, 3.8) is 0 Å². The number of aliphatic hydroxyl groups is 1. The summed E-state index contributed by atoms with van der Waals surface area (Å²) in [5, 5.41) is 9.57. The van der Waals surface area contributed by atoms with Crippen molar-refractivity contribution < 1.29 is 51.5 Å². The topological polar surface area (TPSA) is 143 Å². The summed E-state index contributed by atoms with van der Waals surface area (Å²) in [6.07, 6.45) is 0.592. The number of amides is 1. The largest absolute Gasteiger partial charge is 0.497 e. The van der Waals surface area contributed by atoms with Gasteiger partial charge in [0.05, 0.1) is 31.8 Å². The van der Waals surface area contributed by atoms with Gasteiger partial charge in [-0.15, -0.1) is 0 Å². The fraction of sp³-hybridized carbons (Fsp3) is 0.483. The Bertz CT molecular complexity index is 1360. The lowest BCUT2D eigenvalue weighted by atomic mass is 9.92. The fourth-order valence-corrected chi connectivity index (χ4v) is 6.09. The monoisotopic (exact) mass is 622 g/mol. The maximum absolute atomic E-state index is 13.4. The Morgan fingerprint density at radius 3 is 2.44 bits per heavy atom. The van der Waals surface area contributed by atoms with Crippen molar-refractivity contribution in [1.29, 1.82) is 0 Å². The van der Waals surface area contributed by atoms with Crippen LogP contribution in [0.5, 0.6) is 17.2 Å². The van der Waals surface area contributed by atoms with E-state index in [1.165, 1.54) is 38.4 Å². The van der Waals surface area contributed by atoms with Crippen molar-refractivity contribution in [2.24, 2.45) is 0 Å². The first-order valence-corrected chi connectivity index (χ1v) is 15.1. The van der Waals surface area contributed by atoms with Crippen LogP contribution in [0.25, 0.3) is 0 Å². The van der Waals surface area contributed by atoms with Gasteiger partial charge in [-0.25, -0.2) is 8.42 Å². The highest BCUT2D eigenvalue weighted by Crippen LogP contribution is 2.38. The number of hydrogen-bond acceptors (Lipinski definition) is 11. The highest BCUT2D eigenvalue weighted by Gasteiger charge is 2.32. The molecule has 2 aliphatic rings. The summed E-state index contributed by atoms with van der Waals surface area (Å²) in [5.41, 5.74) is 0.866. The molecule has 0 spiro atoms. The highest BCUT2D eigenvalue weighted by molar-refractivity contribution is 7.89. The number of carbonyl (C=O) groups is 1. The van der Waals surface area contributed by atoms with Crippen LogP contribution in [0.4, 0.5) is 0 Å². The fourth-order valence-electron chi connectivity index (χ4n) is 4.67. The van der Waals surface area contributed by atoms with E-state index in [2.05, 4.69) is 0 Å². The molecule has 1 N–H and O–H groups in total. The molecule has 0 unspecified atom stereocenters. The van der Waals surface area contributed by atoms with Crippen LogP contribution in [0.2, 0.25) is 0 Å². The van der Waals surface area contributed by atoms with Crippen LogP contribution < -0.4 is 14.2 Å². The van der Waals surface area contributed by atoms with Crippen molar-refractivity contribution in [3.05, 3.63) is 59.9 Å². The Hall–Kier alpha value is -3.40. The van der Waals surface area contributed by atoms with Gasteiger partial charge in [-0.1, -0.05) is 6.07 Å². The minimum atomic E-state index is -3.93. The maximum atomic E-state index is 13.4. The van der Waals surface area contributed by atoms with Gasteiger partial charge in [-0.2, -0.15) is 4.31 Å². The first-order chi connectivity index (χ1) is 20.7. The predicted molar refractivity (Wildman–Crippen MR) is 153 cm³/mol. The number of methoxy groups -OCH3 is 3. The molecule has 0 saturated heterocycles. The van der Waals surface area contributed by atoms with Gasteiger partial charge in [0.25, 0.3) is 5.91 Å². The van der Waals surface area contributed by atoms with Gasteiger partial charge in [-0.05, 0) is 48.0 Å². The van der Waals surface area contributed by atoms with E-state index in [9.17, 15) is 18.3 Å². The zero-order valence-electron chi connectivity index (χ0n) is 24.6. The number of likely N-dealkylation sites (N-methyl/N-ethyl adjacent to an activating group) is 1. The third-order valence-electron chi connectivity index (χ3n) is 7.08. The van der Waals surface area contributed by atoms with Gasteiger partial charge in [0.1, 0.15) is 5.75 Å². The Morgan fingerprint density at radius 2 is 1.77 bits per heavy atom. The second-order valence-electron chi connectivity index (χ2n) is 9.79. The molecule has 0 radical (unpaired) electrons. The smallest absolute Gasteiger partial charge is 0.288 e. The lowest BCUT2D eigenvalue weighted by molar-refractivity contribution is -0.158. The molecular weight excluding hydrogens is 584 g/mol. The molecule has 2 heterocycles. The molecule has 1 amide bonds. The second kappa shape index (κ2) is 14.9. The SMILES string of the molecule is COc1ccc(S(=O)(=O)N(CCO)CCO[C@H]2C[C@@H](c3ccc4c(c3)OCO4)C=C(C(=O)N(C)CC(OC)OC)O2)cc1. The third kappa shape index (κ3) is 7.96. The Balaban J connectivity index is 1.49. The van der Waals surface area contributed by atoms with Crippen LogP contribution >= 0.6 is 0 Å². The number of aliphatic hydroxyl groups excluding tert-OH is 1. The first-order valence-electron chi connectivity index (χ1n) is 13.7. The summed E-state index contributed by atoms with van der Waals surface area (Å²) in [4.78, 5) is 14.9. The zero-order valence-corrected chi connectivity index (χ0v) is 25.4. The van der Waals surface area contributed by atoms with Crippen molar-refractivity contribution >= 4 is 15.9 Å². The summed E-state index contributed by atoms with van der Waals surface area (Å²) < 4.78 is 66.2. The highest BCUT2D eigenvalue weighted by atomic mass is 32.2. The molecule has 0 saturated carbocycles. The molecule has 0 bridgehead atoms. The molecule has 14 heteroatoms. The van der Waals surface area contributed by atoms with E-state index in [0.717, 1.165) is 9.87 Å². The standard InChI is InChI=1S/C29H38N2O11S/c1-30(18-28(37-3)38-4)29(33)26-16-21(20-5-10-24-25(15-20)41-19-40-24)17-27(42-26)39-14-12-31(11-13-32)43(34,35)23-8-6-22(36-2)7-9-23/h5-10,15-16,21,27-28,32H,11-14,17-19H2,1-4H3/t21-,27+/m0/s1. The number of fused-ring (bicyclic) bond motifs is 1. The molecular formula is C29H38N2O11S. The quantitative estimate of drug-likeness (QED) is 0.291. The summed E-state index contributed by atoms with van der Waals surface area (Å²) in [5.74, 6) is 1.15. The van der Waals surface area contributed by atoms with Crippen LogP contribution in [0.1, 0.15) is 17.9 Å². The van der Waals surface area contributed by atoms with Gasteiger partial charge in [0, 0.05) is 46.7 Å². The molecule has 0 aliphatic carbocycles. The maximum Gasteiger partial charge on any atom is 0.288 e. The molecule has 2 aromatic rings. The third-order valence-corrected chi connectivity index (χ3v) is 8.99. The second-order valence-corrected chi connectivity index (χ2v) is 11.7. The molecule has 2 atom stereocenters. The van der Waals surface area contributed by atoms with Crippen molar-refractivity contribution in [2.45, 2.75) is 29.8 Å². The molecule has 2 aliphatic heterocycles. The van der Waals surface area contributed by atoms with Crippen LogP contribution in [0, 0.1) is 0 Å². The lowest BCUT2D eigenvalue weighted by Crippen LogP contribution is -2.40. The lowest BCUT2D eigenvalue weighted by Gasteiger charge is -2.32. The summed E-state index contributed by atoms with van der Waals surface area (Å²) in [6, 6.07) is 11.5. The van der Waals surface area contributed by atoms with Crippen LogP contribution in [0.3, 0.4) is 0 Å². The molecule has 0 aromatic heterocycles. The van der Waals surface area contributed by atoms with E-state index < -0.39 is 28.5 Å². The molecule has 236 valence electrons. The molecule has 4 rings (SSSR count). The number of benzene rings is 2. The average molecular weight is 623 g/mol. The van der Waals surface area contributed by atoms with E-state index in [4.69, 9.17) is 33.2 Å². The van der Waals surface area contributed by atoms with Crippen molar-refractivity contribution in [3.8, 4) is 17.2 Å². The van der Waals surface area contributed by atoms with Gasteiger partial charge in [-0.3, -0.25) is 4.79 Å². The van der Waals surface area contributed by atoms with E-state index in [0.29, 0.717) is 23.7 Å². The number of hydrogen-bond donors (Lipinski definition) is 1. The molecule has 13 nitrogen and oxygen atoms in total. The van der Waals surface area contributed by atoms with E-state index >= 15 is 0 Å². The molecule has 2 aromatic carbocycles. The minimum Gasteiger partial charge on any atom is -0.497 e. The van der Waals surface area contributed by atoms with Crippen molar-refractivity contribution in [2.75, 3.05) is 68.0 Å². The van der Waals surface area contributed by atoms with Crippen LogP contribution in [-0.2, 0) is 33.8 Å². The van der Waals surface area contributed by atoms with E-state index in [1.54, 1.807) is 25.3 Å². The number of ether oxygens (including phenoxy) is 7. The number of allylic oxidation sites excluding steroid dienone is 1. The summed E-state index contributed by atoms with van der Waals surface area (Å²) in [6.45, 7) is -0.324. The zero-order chi connectivity index (χ0) is 31.0. The normalized spacial score (nSPS) is 18.0. The first kappa shape index (κ1) is 32.5. The van der Waals surface area contributed by atoms with Crippen LogP contribution in [-0.4, -0.2) is 109 Å². The van der Waals surface area contributed by atoms with E-state index in [1.807, 2.05) is 18.2 Å². The number of rotatable bonds is 15. The molecule has 0 fully saturated rings. The Kier molecular flexibility index (Phi) is 11.2. The van der Waals surface area contributed by atoms with Gasteiger partial charge in [0.15, 0.2) is 23.5 Å².